The van der Waals surface area contributed by atoms with E-state index in [1.54, 1.807) is 6.33 Å². The molecule has 0 spiro atoms. The Bertz CT molecular complexity index is 807. The molecule has 1 aliphatic heterocycles. The summed E-state index contributed by atoms with van der Waals surface area (Å²) in [6.45, 7) is 3.23. The lowest BCUT2D eigenvalue weighted by molar-refractivity contribution is 0.122. The van der Waals surface area contributed by atoms with Gasteiger partial charge in [-0.05, 0) is 12.1 Å². The van der Waals surface area contributed by atoms with Crippen molar-refractivity contribution in [2.45, 2.75) is 0 Å². The first-order valence-electron chi connectivity index (χ1n) is 7.38. The first kappa shape index (κ1) is 13.2. The first-order valence-corrected chi connectivity index (χ1v) is 7.38. The molecule has 3 aromatic heterocycles. The lowest BCUT2D eigenvalue weighted by Gasteiger charge is -2.27. The normalized spacial score (nSPS) is 15.4. The molecule has 22 heavy (non-hydrogen) atoms. The van der Waals surface area contributed by atoms with Crippen molar-refractivity contribution < 1.29 is 4.74 Å². The Morgan fingerprint density at radius 2 is 1.95 bits per heavy atom. The number of aryl methyl sites for hydroxylation is 1. The number of rotatable bonds is 2. The van der Waals surface area contributed by atoms with Crippen LogP contribution in [-0.4, -0.2) is 45.8 Å². The van der Waals surface area contributed by atoms with Crippen molar-refractivity contribution in [1.29, 1.82) is 0 Å². The Hall–Kier alpha value is -2.47. The molecule has 6 nitrogen and oxygen atoms in total. The zero-order valence-electron chi connectivity index (χ0n) is 12.4. The van der Waals surface area contributed by atoms with E-state index in [1.165, 1.54) is 0 Å². The summed E-state index contributed by atoms with van der Waals surface area (Å²) in [7, 11) is 2.00. The van der Waals surface area contributed by atoms with E-state index in [4.69, 9.17) is 4.74 Å². The minimum atomic E-state index is 0.748. The SMILES string of the molecule is Cn1ccc2c(-c3cc(N4CCOCC4)ncn3)ccnc21. The number of hydrogen-bond donors (Lipinski definition) is 0. The van der Waals surface area contributed by atoms with Gasteiger partial charge in [-0.2, -0.15) is 0 Å². The quantitative estimate of drug-likeness (QED) is 0.722. The maximum absolute atomic E-state index is 5.40. The van der Waals surface area contributed by atoms with Gasteiger partial charge in [0.25, 0.3) is 0 Å². The molecule has 1 aliphatic rings. The van der Waals surface area contributed by atoms with Crippen molar-refractivity contribution in [3.63, 3.8) is 0 Å². The van der Waals surface area contributed by atoms with E-state index in [9.17, 15) is 0 Å². The third-order valence-corrected chi connectivity index (χ3v) is 4.03. The smallest absolute Gasteiger partial charge is 0.140 e. The van der Waals surface area contributed by atoms with Crippen LogP contribution in [0.2, 0.25) is 0 Å². The van der Waals surface area contributed by atoms with Crippen LogP contribution in [0.1, 0.15) is 0 Å². The summed E-state index contributed by atoms with van der Waals surface area (Å²) in [4.78, 5) is 15.5. The Labute approximate surface area is 128 Å². The van der Waals surface area contributed by atoms with Crippen LogP contribution in [0.15, 0.2) is 36.9 Å². The van der Waals surface area contributed by atoms with Gasteiger partial charge in [0, 0.05) is 49.5 Å². The number of ether oxygens (including phenoxy) is 1. The topological polar surface area (TPSA) is 56.1 Å². The van der Waals surface area contributed by atoms with Gasteiger partial charge in [-0.25, -0.2) is 15.0 Å². The minimum absolute atomic E-state index is 0.748. The van der Waals surface area contributed by atoms with E-state index in [0.717, 1.165) is 54.4 Å². The standard InChI is InChI=1S/C16H17N5O/c1-20-5-3-13-12(2-4-17-16(13)20)14-10-15(19-11-18-14)21-6-8-22-9-7-21/h2-5,10-11H,6-9H2,1H3. The number of fused-ring (bicyclic) bond motifs is 1. The molecule has 4 heterocycles. The highest BCUT2D eigenvalue weighted by atomic mass is 16.5. The van der Waals surface area contributed by atoms with E-state index < -0.39 is 0 Å². The van der Waals surface area contributed by atoms with Gasteiger partial charge in [0.05, 0.1) is 18.9 Å². The third-order valence-electron chi connectivity index (χ3n) is 4.03. The van der Waals surface area contributed by atoms with Crippen molar-refractivity contribution >= 4 is 16.9 Å². The fourth-order valence-corrected chi connectivity index (χ4v) is 2.85. The average Bonchev–Trinajstić information content (AvgIpc) is 2.97. The van der Waals surface area contributed by atoms with E-state index in [0.29, 0.717) is 0 Å². The van der Waals surface area contributed by atoms with Gasteiger partial charge in [0.15, 0.2) is 0 Å². The summed E-state index contributed by atoms with van der Waals surface area (Å²) >= 11 is 0. The second-order valence-corrected chi connectivity index (χ2v) is 5.38. The first-order chi connectivity index (χ1) is 10.8. The molecule has 0 aliphatic carbocycles. The molecule has 6 heteroatoms. The summed E-state index contributed by atoms with van der Waals surface area (Å²) in [5, 5.41) is 1.11. The van der Waals surface area contributed by atoms with Crippen LogP contribution < -0.4 is 4.90 Å². The third kappa shape index (κ3) is 2.21. The Kier molecular flexibility index (Phi) is 3.23. The summed E-state index contributed by atoms with van der Waals surface area (Å²) < 4.78 is 7.42. The number of pyridine rings is 1. The van der Waals surface area contributed by atoms with E-state index in [2.05, 4.69) is 25.9 Å². The number of nitrogens with zero attached hydrogens (tertiary/aromatic N) is 5. The molecule has 3 aromatic rings. The highest BCUT2D eigenvalue weighted by molar-refractivity contribution is 5.92. The number of morpholine rings is 1. The fourth-order valence-electron chi connectivity index (χ4n) is 2.85. The lowest BCUT2D eigenvalue weighted by atomic mass is 10.1. The van der Waals surface area contributed by atoms with Crippen molar-refractivity contribution in [1.82, 2.24) is 19.5 Å². The van der Waals surface area contributed by atoms with E-state index in [1.807, 2.05) is 36.1 Å². The molecule has 1 saturated heterocycles. The zero-order chi connectivity index (χ0) is 14.9. The van der Waals surface area contributed by atoms with Gasteiger partial charge < -0.3 is 14.2 Å². The van der Waals surface area contributed by atoms with E-state index >= 15 is 0 Å². The summed E-state index contributed by atoms with van der Waals surface area (Å²) in [5.41, 5.74) is 2.97. The Morgan fingerprint density at radius 3 is 2.82 bits per heavy atom. The minimum Gasteiger partial charge on any atom is -0.378 e. The Morgan fingerprint density at radius 1 is 1.09 bits per heavy atom. The second kappa shape index (κ2) is 5.38. The fraction of sp³-hybridized carbons (Fsp3) is 0.312. The van der Waals surface area contributed by atoms with Gasteiger partial charge in [-0.3, -0.25) is 0 Å². The molecule has 0 amide bonds. The van der Waals surface area contributed by atoms with Crippen molar-refractivity contribution in [2.75, 3.05) is 31.2 Å². The van der Waals surface area contributed by atoms with Crippen LogP contribution in [-0.2, 0) is 11.8 Å². The van der Waals surface area contributed by atoms with Gasteiger partial charge in [0.1, 0.15) is 17.8 Å². The maximum Gasteiger partial charge on any atom is 0.140 e. The van der Waals surface area contributed by atoms with Crippen molar-refractivity contribution in [2.24, 2.45) is 7.05 Å². The predicted octanol–water partition coefficient (Wildman–Crippen LogP) is 1.87. The number of hydrogen-bond acceptors (Lipinski definition) is 5. The molecule has 0 N–H and O–H groups in total. The average molecular weight is 295 g/mol. The molecule has 1 fully saturated rings. The monoisotopic (exact) mass is 295 g/mol. The van der Waals surface area contributed by atoms with Gasteiger partial charge in [-0.1, -0.05) is 0 Å². The highest BCUT2D eigenvalue weighted by Gasteiger charge is 2.15. The number of anilines is 1. The zero-order valence-corrected chi connectivity index (χ0v) is 12.4. The molecular formula is C16H17N5O. The van der Waals surface area contributed by atoms with Crippen LogP contribution in [0.25, 0.3) is 22.3 Å². The molecule has 0 unspecified atom stereocenters. The number of aromatic nitrogens is 4. The molecular weight excluding hydrogens is 278 g/mol. The maximum atomic E-state index is 5.40. The Balaban J connectivity index is 1.78. The van der Waals surface area contributed by atoms with Crippen LogP contribution in [0, 0.1) is 0 Å². The van der Waals surface area contributed by atoms with Crippen molar-refractivity contribution in [3.05, 3.63) is 36.9 Å². The largest absolute Gasteiger partial charge is 0.378 e. The van der Waals surface area contributed by atoms with Crippen LogP contribution in [0.4, 0.5) is 5.82 Å². The summed E-state index contributed by atoms with van der Waals surface area (Å²) in [6.07, 6.45) is 5.48. The van der Waals surface area contributed by atoms with Crippen molar-refractivity contribution in [3.8, 4) is 11.3 Å². The second-order valence-electron chi connectivity index (χ2n) is 5.38. The molecule has 0 aromatic carbocycles. The highest BCUT2D eigenvalue weighted by Crippen LogP contribution is 2.28. The van der Waals surface area contributed by atoms with Crippen LogP contribution in [0.5, 0.6) is 0 Å². The van der Waals surface area contributed by atoms with Gasteiger partial charge in [0.2, 0.25) is 0 Å². The molecule has 0 atom stereocenters. The molecule has 0 saturated carbocycles. The van der Waals surface area contributed by atoms with Gasteiger partial charge >= 0.3 is 0 Å². The molecule has 0 radical (unpaired) electrons. The molecule has 4 rings (SSSR count). The predicted molar refractivity (Wildman–Crippen MR) is 84.8 cm³/mol. The van der Waals surface area contributed by atoms with Crippen LogP contribution in [0.3, 0.4) is 0 Å². The molecule has 112 valence electrons. The van der Waals surface area contributed by atoms with E-state index in [-0.39, 0.29) is 0 Å². The van der Waals surface area contributed by atoms with Gasteiger partial charge in [-0.15, -0.1) is 0 Å². The van der Waals surface area contributed by atoms with Crippen LogP contribution >= 0.6 is 0 Å². The summed E-state index contributed by atoms with van der Waals surface area (Å²) in [5.74, 6) is 0.953. The summed E-state index contributed by atoms with van der Waals surface area (Å²) in [6, 6.07) is 6.13. The lowest BCUT2D eigenvalue weighted by Crippen LogP contribution is -2.36. The molecule has 0 bridgehead atoms.